The number of likely N-dealkylation sites (tertiary alicyclic amines) is 2. The number of hydrogen-bond acceptors (Lipinski definition) is 5. The number of aromatic amines is 1. The number of carbonyl (C=O) groups excluding carboxylic acids is 3. The van der Waals surface area contributed by atoms with Crippen molar-refractivity contribution < 1.29 is 19.1 Å². The lowest BCUT2D eigenvalue weighted by atomic mass is 9.93. The standard InChI is InChI=1S/C26H42N4O4/c1-18(29-13-7-5-6-8-14-29)9-12-27-22(31)17-21-10-15-30(16-11-21)25(32)24-19(2)23(20(3)28-24)26(33)34-4/h18,21,28H,5-17H2,1-4H3,(H,27,31). The monoisotopic (exact) mass is 474 g/mol. The lowest BCUT2D eigenvalue weighted by Crippen LogP contribution is -2.40. The molecule has 3 rings (SSSR count). The number of aryl methyl sites for hydroxylation is 1. The van der Waals surface area contributed by atoms with Crippen molar-refractivity contribution in [1.29, 1.82) is 0 Å². The molecule has 2 aliphatic rings. The molecule has 1 aromatic heterocycles. The van der Waals surface area contributed by atoms with Crippen molar-refractivity contribution in [3.63, 3.8) is 0 Å². The van der Waals surface area contributed by atoms with Crippen LogP contribution < -0.4 is 5.32 Å². The Balaban J connectivity index is 1.40. The van der Waals surface area contributed by atoms with Crippen LogP contribution in [0.5, 0.6) is 0 Å². The first kappa shape index (κ1) is 26.3. The molecule has 2 fully saturated rings. The summed E-state index contributed by atoms with van der Waals surface area (Å²) < 4.78 is 4.84. The molecule has 1 unspecified atom stereocenters. The topological polar surface area (TPSA) is 94.7 Å². The number of nitrogens with zero attached hydrogens (tertiary/aromatic N) is 2. The second-order valence-corrected chi connectivity index (χ2v) is 9.99. The van der Waals surface area contributed by atoms with Gasteiger partial charge < -0.3 is 24.8 Å². The van der Waals surface area contributed by atoms with Gasteiger partial charge in [-0.2, -0.15) is 0 Å². The van der Waals surface area contributed by atoms with E-state index < -0.39 is 5.97 Å². The van der Waals surface area contributed by atoms with Gasteiger partial charge in [0.05, 0.1) is 12.7 Å². The first-order valence-electron chi connectivity index (χ1n) is 12.9. The molecule has 2 N–H and O–H groups in total. The van der Waals surface area contributed by atoms with Crippen molar-refractivity contribution in [2.24, 2.45) is 5.92 Å². The Morgan fingerprint density at radius 1 is 1.06 bits per heavy atom. The van der Waals surface area contributed by atoms with Gasteiger partial charge in [0.1, 0.15) is 5.69 Å². The smallest absolute Gasteiger partial charge is 0.339 e. The molecule has 190 valence electrons. The molecule has 0 bridgehead atoms. The lowest BCUT2D eigenvalue weighted by molar-refractivity contribution is -0.122. The summed E-state index contributed by atoms with van der Waals surface area (Å²) in [6.07, 6.45) is 8.37. The normalized spacial score (nSPS) is 18.9. The van der Waals surface area contributed by atoms with Gasteiger partial charge in [0.15, 0.2) is 0 Å². The number of carbonyl (C=O) groups is 3. The second kappa shape index (κ2) is 12.4. The Morgan fingerprint density at radius 2 is 1.71 bits per heavy atom. The summed E-state index contributed by atoms with van der Waals surface area (Å²) in [5.41, 5.74) is 2.16. The van der Waals surface area contributed by atoms with Crippen LogP contribution in [0.1, 0.15) is 90.4 Å². The zero-order valence-electron chi connectivity index (χ0n) is 21.4. The summed E-state index contributed by atoms with van der Waals surface area (Å²) in [6, 6.07) is 0.507. The van der Waals surface area contributed by atoms with E-state index in [1.807, 2.05) is 4.90 Å². The van der Waals surface area contributed by atoms with Gasteiger partial charge in [0, 0.05) is 37.8 Å². The molecule has 2 saturated heterocycles. The summed E-state index contributed by atoms with van der Waals surface area (Å²) >= 11 is 0. The molecule has 0 aliphatic carbocycles. The third-order valence-electron chi connectivity index (χ3n) is 7.56. The van der Waals surface area contributed by atoms with E-state index in [-0.39, 0.29) is 11.8 Å². The molecule has 1 aromatic rings. The van der Waals surface area contributed by atoms with Gasteiger partial charge in [-0.05, 0) is 77.4 Å². The molecule has 0 radical (unpaired) electrons. The van der Waals surface area contributed by atoms with Crippen LogP contribution in [0.15, 0.2) is 0 Å². The zero-order chi connectivity index (χ0) is 24.7. The molecule has 0 aromatic carbocycles. The minimum absolute atomic E-state index is 0.0962. The molecule has 2 amide bonds. The summed E-state index contributed by atoms with van der Waals surface area (Å²) in [7, 11) is 1.34. The quantitative estimate of drug-likeness (QED) is 0.563. The predicted octanol–water partition coefficient (Wildman–Crippen LogP) is 3.43. The number of rotatable bonds is 8. The number of esters is 1. The molecule has 3 heterocycles. The third-order valence-corrected chi connectivity index (χ3v) is 7.56. The van der Waals surface area contributed by atoms with Gasteiger partial charge in [-0.1, -0.05) is 12.8 Å². The number of hydrogen-bond donors (Lipinski definition) is 2. The highest BCUT2D eigenvalue weighted by atomic mass is 16.5. The van der Waals surface area contributed by atoms with E-state index in [1.54, 1.807) is 13.8 Å². The van der Waals surface area contributed by atoms with Gasteiger partial charge in [-0.3, -0.25) is 9.59 Å². The highest BCUT2D eigenvalue weighted by Gasteiger charge is 2.29. The molecular weight excluding hydrogens is 432 g/mol. The summed E-state index contributed by atoms with van der Waals surface area (Å²) in [4.78, 5) is 45.0. The number of H-pyrrole nitrogens is 1. The van der Waals surface area contributed by atoms with E-state index in [4.69, 9.17) is 4.74 Å². The van der Waals surface area contributed by atoms with E-state index in [0.29, 0.717) is 54.0 Å². The predicted molar refractivity (Wildman–Crippen MR) is 132 cm³/mol. The van der Waals surface area contributed by atoms with Crippen molar-refractivity contribution in [1.82, 2.24) is 20.1 Å². The largest absolute Gasteiger partial charge is 0.465 e. The van der Waals surface area contributed by atoms with Crippen LogP contribution in [0.4, 0.5) is 0 Å². The molecular formula is C26H42N4O4. The second-order valence-electron chi connectivity index (χ2n) is 9.99. The summed E-state index contributed by atoms with van der Waals surface area (Å²) in [5.74, 6) is -0.118. The molecule has 8 nitrogen and oxygen atoms in total. The Hall–Kier alpha value is -2.35. The van der Waals surface area contributed by atoms with E-state index in [0.717, 1.165) is 25.8 Å². The van der Waals surface area contributed by atoms with Crippen molar-refractivity contribution >= 4 is 17.8 Å². The maximum absolute atomic E-state index is 13.0. The first-order chi connectivity index (χ1) is 16.3. The number of methoxy groups -OCH3 is 1. The molecule has 2 aliphatic heterocycles. The third kappa shape index (κ3) is 6.62. The van der Waals surface area contributed by atoms with Crippen LogP contribution in [0, 0.1) is 19.8 Å². The van der Waals surface area contributed by atoms with Crippen LogP contribution in [0.2, 0.25) is 0 Å². The molecule has 8 heteroatoms. The molecule has 1 atom stereocenters. The number of nitrogens with one attached hydrogen (secondary N) is 2. The average molecular weight is 475 g/mol. The van der Waals surface area contributed by atoms with Crippen molar-refractivity contribution in [2.75, 3.05) is 39.8 Å². The number of aromatic nitrogens is 1. The maximum atomic E-state index is 13.0. The van der Waals surface area contributed by atoms with E-state index in [1.165, 1.54) is 45.9 Å². The van der Waals surface area contributed by atoms with E-state index in [9.17, 15) is 14.4 Å². The van der Waals surface area contributed by atoms with Crippen molar-refractivity contribution in [3.8, 4) is 0 Å². The molecule has 0 saturated carbocycles. The van der Waals surface area contributed by atoms with E-state index in [2.05, 4.69) is 22.1 Å². The van der Waals surface area contributed by atoms with Crippen LogP contribution in [-0.4, -0.2) is 78.4 Å². The van der Waals surface area contributed by atoms with E-state index >= 15 is 0 Å². The van der Waals surface area contributed by atoms with Gasteiger partial charge in [0.2, 0.25) is 5.91 Å². The fourth-order valence-corrected chi connectivity index (χ4v) is 5.34. The van der Waals surface area contributed by atoms with Crippen molar-refractivity contribution in [3.05, 3.63) is 22.5 Å². The average Bonchev–Trinajstić information content (AvgIpc) is 2.99. The Kier molecular flexibility index (Phi) is 9.56. The minimum atomic E-state index is -0.434. The van der Waals surface area contributed by atoms with Crippen molar-refractivity contribution in [2.45, 2.75) is 78.2 Å². The van der Waals surface area contributed by atoms with Gasteiger partial charge in [-0.25, -0.2) is 4.79 Å². The van der Waals surface area contributed by atoms with Gasteiger partial charge >= 0.3 is 5.97 Å². The highest BCUT2D eigenvalue weighted by Crippen LogP contribution is 2.25. The van der Waals surface area contributed by atoms with Crippen LogP contribution in [0.25, 0.3) is 0 Å². The molecule has 34 heavy (non-hydrogen) atoms. The number of ether oxygens (including phenoxy) is 1. The number of piperidine rings is 1. The Bertz CT molecular complexity index is 849. The SMILES string of the molecule is COC(=O)c1c(C)[nH]c(C(=O)N2CCC(CC(=O)NCCC(C)N3CCCCCC3)CC2)c1C. The summed E-state index contributed by atoms with van der Waals surface area (Å²) in [5, 5.41) is 3.11. The minimum Gasteiger partial charge on any atom is -0.465 e. The van der Waals surface area contributed by atoms with Crippen LogP contribution in [-0.2, 0) is 9.53 Å². The highest BCUT2D eigenvalue weighted by molar-refractivity contribution is 6.00. The van der Waals surface area contributed by atoms with Gasteiger partial charge in [0.25, 0.3) is 5.91 Å². The van der Waals surface area contributed by atoms with Crippen LogP contribution >= 0.6 is 0 Å². The molecule has 0 spiro atoms. The fraction of sp³-hybridized carbons (Fsp3) is 0.731. The zero-order valence-corrected chi connectivity index (χ0v) is 21.4. The first-order valence-corrected chi connectivity index (χ1v) is 12.9. The fourth-order valence-electron chi connectivity index (χ4n) is 5.34. The van der Waals surface area contributed by atoms with Crippen LogP contribution in [0.3, 0.4) is 0 Å². The number of amides is 2. The maximum Gasteiger partial charge on any atom is 0.339 e. The van der Waals surface area contributed by atoms with Gasteiger partial charge in [-0.15, -0.1) is 0 Å². The Labute approximate surface area is 203 Å². The summed E-state index contributed by atoms with van der Waals surface area (Å²) in [6.45, 7) is 10.1. The lowest BCUT2D eigenvalue weighted by Gasteiger charge is -2.32. The Morgan fingerprint density at radius 3 is 2.32 bits per heavy atom.